The molecule has 0 saturated carbocycles. The van der Waals surface area contributed by atoms with E-state index in [1.54, 1.807) is 24.3 Å². The second-order valence-corrected chi connectivity index (χ2v) is 34.0. The Morgan fingerprint density at radius 2 is 0.423 bits per heavy atom. The zero-order valence-electron chi connectivity index (χ0n) is 68.3. The molecule has 23 rings (SSSR count). The first-order valence-electron chi connectivity index (χ1n) is 42.9. The molecule has 0 N–H and O–H groups in total. The molecule has 0 radical (unpaired) electrons. The van der Waals surface area contributed by atoms with E-state index in [1.807, 2.05) is 24.3 Å². The standard InChI is InChI=1S/C117H84F2N4/c1-115(2)111-73-99(120(91-19-7-3-8-20-91)95-55-37-77(38-56-95)79-41-59-97(60-42-79)122(93-23-11-5-12-24-93)101-65-69-107-103-27-15-17-29-109(103)116(113(107)75-101,85-47-51-89(118)52-48-85)87-45-35-81-31-33-83(81)71-87)63-67-105(111)106-68-64-100(74-112(106)115)121(92-21-9-4-10-22-92)96-57-39-78(40-58-96)80-43-61-98(62-44-80)123(94-25-13-6-14-26-94)102-66-70-108-104-28-16-18-30-110(104)117(114(108)76-102,86-49-53-90(119)54-50-86)88-46-36-82-32-34-84(82)72-88/h3-30,35-76H,31-34H2,1-2H3. The fourth-order valence-electron chi connectivity index (χ4n) is 20.9. The Balaban J connectivity index is 0.532. The number of benzene rings is 18. The molecular formula is C117H84F2N4. The number of halogens is 2. The van der Waals surface area contributed by atoms with E-state index in [0.717, 1.165) is 127 Å². The molecule has 0 amide bonds. The maximum atomic E-state index is 15.0. The van der Waals surface area contributed by atoms with Crippen molar-refractivity contribution in [3.63, 3.8) is 0 Å². The molecule has 6 heteroatoms. The van der Waals surface area contributed by atoms with E-state index < -0.39 is 10.8 Å². The largest absolute Gasteiger partial charge is 0.310 e. The van der Waals surface area contributed by atoms with E-state index in [1.165, 1.54) is 100 Å². The van der Waals surface area contributed by atoms with Crippen molar-refractivity contribution in [2.24, 2.45) is 0 Å². The molecule has 5 aliphatic rings. The van der Waals surface area contributed by atoms with Crippen LogP contribution in [0.3, 0.4) is 0 Å². The third kappa shape index (κ3) is 11.9. The second-order valence-electron chi connectivity index (χ2n) is 34.0. The lowest BCUT2D eigenvalue weighted by atomic mass is 9.66. The van der Waals surface area contributed by atoms with Crippen LogP contribution in [0.15, 0.2) is 425 Å². The lowest BCUT2D eigenvalue weighted by Gasteiger charge is -2.36. The van der Waals surface area contributed by atoms with Gasteiger partial charge in [-0.05, 0) is 329 Å². The van der Waals surface area contributed by atoms with Crippen molar-refractivity contribution < 1.29 is 8.78 Å². The Hall–Kier alpha value is -15.0. The van der Waals surface area contributed by atoms with Gasteiger partial charge >= 0.3 is 0 Å². The lowest BCUT2D eigenvalue weighted by Crippen LogP contribution is -2.29. The minimum atomic E-state index is -0.680. The van der Waals surface area contributed by atoms with Crippen LogP contribution >= 0.6 is 0 Å². The highest BCUT2D eigenvalue weighted by molar-refractivity contribution is 5.94. The number of hydrogen-bond donors (Lipinski definition) is 0. The van der Waals surface area contributed by atoms with Crippen LogP contribution in [0.25, 0.3) is 55.6 Å². The smallest absolute Gasteiger partial charge is 0.123 e. The molecule has 0 heterocycles. The van der Waals surface area contributed by atoms with Gasteiger partial charge in [0.15, 0.2) is 0 Å². The minimum Gasteiger partial charge on any atom is -0.310 e. The van der Waals surface area contributed by atoms with Gasteiger partial charge in [-0.1, -0.05) is 269 Å². The maximum Gasteiger partial charge on any atom is 0.123 e. The van der Waals surface area contributed by atoms with Crippen molar-refractivity contribution in [1.29, 1.82) is 0 Å². The Morgan fingerprint density at radius 1 is 0.187 bits per heavy atom. The molecule has 4 nitrogen and oxygen atoms in total. The average molecular weight is 1580 g/mol. The molecule has 0 saturated heterocycles. The van der Waals surface area contributed by atoms with E-state index >= 15 is 8.78 Å². The van der Waals surface area contributed by atoms with E-state index in [-0.39, 0.29) is 17.0 Å². The van der Waals surface area contributed by atoms with Crippen molar-refractivity contribution in [1.82, 2.24) is 0 Å². The highest BCUT2D eigenvalue weighted by Crippen LogP contribution is 2.61. The first-order valence-corrected chi connectivity index (χ1v) is 42.9. The first-order chi connectivity index (χ1) is 60.5. The molecule has 18 aromatic carbocycles. The van der Waals surface area contributed by atoms with Gasteiger partial charge < -0.3 is 19.6 Å². The van der Waals surface area contributed by atoms with E-state index in [4.69, 9.17) is 0 Å². The first kappa shape index (κ1) is 73.2. The van der Waals surface area contributed by atoms with Crippen LogP contribution in [0.2, 0.25) is 0 Å². The second kappa shape index (κ2) is 29.2. The fraction of sp³-hybridized carbons (Fsp3) is 0.0769. The minimum absolute atomic E-state index is 0.247. The lowest BCUT2D eigenvalue weighted by molar-refractivity contribution is 0.624. The summed E-state index contributed by atoms with van der Waals surface area (Å²) in [5, 5.41) is 0. The third-order valence-electron chi connectivity index (χ3n) is 27.1. The zero-order valence-corrected chi connectivity index (χ0v) is 68.3. The molecule has 0 bridgehead atoms. The molecule has 586 valence electrons. The summed E-state index contributed by atoms with van der Waals surface area (Å²) < 4.78 is 30.0. The summed E-state index contributed by atoms with van der Waals surface area (Å²) in [5.74, 6) is -0.494. The van der Waals surface area contributed by atoms with Crippen LogP contribution in [-0.4, -0.2) is 0 Å². The Kier molecular flexibility index (Phi) is 17.4. The van der Waals surface area contributed by atoms with Crippen molar-refractivity contribution in [3.8, 4) is 55.6 Å². The van der Waals surface area contributed by atoms with Crippen molar-refractivity contribution >= 4 is 68.2 Å². The predicted octanol–water partition coefficient (Wildman–Crippen LogP) is 30.4. The number of nitrogens with zero attached hydrogens (tertiary/aromatic N) is 4. The molecule has 0 aliphatic heterocycles. The summed E-state index contributed by atoms with van der Waals surface area (Å²) in [6.45, 7) is 4.76. The van der Waals surface area contributed by atoms with Crippen LogP contribution in [0.1, 0.15) is 91.7 Å². The maximum absolute atomic E-state index is 15.0. The van der Waals surface area contributed by atoms with Gasteiger partial charge in [-0.25, -0.2) is 8.78 Å². The highest BCUT2D eigenvalue weighted by Gasteiger charge is 2.49. The summed E-state index contributed by atoms with van der Waals surface area (Å²) >= 11 is 0. The average Bonchev–Trinajstić information content (AvgIpc) is 1.55. The van der Waals surface area contributed by atoms with E-state index in [0.29, 0.717) is 0 Å². The SMILES string of the molecule is CC1(C)c2cc(N(c3ccccc3)c3ccc(-c4ccc(N(c5ccccc5)c5ccc6c(c5)C(c5ccc(F)cc5)(c5ccc7c(c5)CC7)c5ccccc5-6)cc4)cc3)ccc2-c2ccc(N(c3ccccc3)c3ccc(-c4ccc(N(c5ccccc5)c5ccc6c(c5)C(c5ccc(F)cc5)(c5ccc7c(c5)CC7)c5ccccc5-6)cc4)cc3)cc21. The normalized spacial score (nSPS) is 15.5. The molecule has 0 spiro atoms. The summed E-state index contributed by atoms with van der Waals surface area (Å²) in [4.78, 5) is 9.50. The van der Waals surface area contributed by atoms with Crippen LogP contribution in [0.5, 0.6) is 0 Å². The molecule has 18 aromatic rings. The van der Waals surface area contributed by atoms with Gasteiger partial charge in [0.2, 0.25) is 0 Å². The van der Waals surface area contributed by atoms with Crippen molar-refractivity contribution in [2.45, 2.75) is 55.8 Å². The number of rotatable bonds is 18. The quantitative estimate of drug-likeness (QED) is 0.0849. The molecule has 0 aromatic heterocycles. The zero-order chi connectivity index (χ0) is 82.1. The molecular weight excluding hydrogens is 1500 g/mol. The van der Waals surface area contributed by atoms with Gasteiger partial charge in [0, 0.05) is 73.7 Å². The Labute approximate surface area is 717 Å². The topological polar surface area (TPSA) is 13.0 Å². The van der Waals surface area contributed by atoms with Crippen LogP contribution < -0.4 is 19.6 Å². The number of anilines is 12. The third-order valence-corrected chi connectivity index (χ3v) is 27.1. The number of para-hydroxylation sites is 4. The van der Waals surface area contributed by atoms with Gasteiger partial charge in [0.05, 0.1) is 10.8 Å². The molecule has 2 unspecified atom stereocenters. The van der Waals surface area contributed by atoms with Crippen LogP contribution in [0, 0.1) is 11.6 Å². The molecule has 0 fully saturated rings. The van der Waals surface area contributed by atoms with Gasteiger partial charge in [0.1, 0.15) is 11.6 Å². The van der Waals surface area contributed by atoms with Gasteiger partial charge in [0.25, 0.3) is 0 Å². The van der Waals surface area contributed by atoms with Crippen LogP contribution in [0.4, 0.5) is 77.0 Å². The highest BCUT2D eigenvalue weighted by atomic mass is 19.1. The molecule has 123 heavy (non-hydrogen) atoms. The van der Waals surface area contributed by atoms with E-state index in [2.05, 4.69) is 410 Å². The number of fused-ring (bicyclic) bond motifs is 11. The Bertz CT molecular complexity index is 6710. The number of hydrogen-bond acceptors (Lipinski definition) is 4. The summed E-state index contributed by atoms with van der Waals surface area (Å²) in [6, 6.07) is 153. The predicted molar refractivity (Wildman–Crippen MR) is 503 cm³/mol. The number of aryl methyl sites for hydroxylation is 4. The van der Waals surface area contributed by atoms with Crippen molar-refractivity contribution in [2.75, 3.05) is 19.6 Å². The van der Waals surface area contributed by atoms with Crippen LogP contribution in [-0.2, 0) is 41.9 Å². The Morgan fingerprint density at radius 3 is 0.707 bits per heavy atom. The summed E-state index contributed by atoms with van der Waals surface area (Å²) in [6.07, 6.45) is 4.31. The fourth-order valence-corrected chi connectivity index (χ4v) is 20.9. The van der Waals surface area contributed by atoms with Crippen molar-refractivity contribution in [3.05, 3.63) is 514 Å². The monoisotopic (exact) mass is 1580 g/mol. The van der Waals surface area contributed by atoms with Gasteiger partial charge in [-0.2, -0.15) is 0 Å². The van der Waals surface area contributed by atoms with E-state index in [9.17, 15) is 0 Å². The van der Waals surface area contributed by atoms with Gasteiger partial charge in [-0.3, -0.25) is 0 Å². The summed E-state index contributed by atoms with van der Waals surface area (Å²) in [5.41, 5.74) is 40.1. The van der Waals surface area contributed by atoms with Gasteiger partial charge in [-0.15, -0.1) is 0 Å². The summed E-state index contributed by atoms with van der Waals surface area (Å²) in [7, 11) is 0. The molecule has 2 atom stereocenters. The molecule has 5 aliphatic carbocycles.